The predicted molar refractivity (Wildman–Crippen MR) is 126 cm³/mol. The minimum Gasteiger partial charge on any atom is -0.368 e. The SMILES string of the molecule is CN(C)S(=O)(=O)c1ccc(Cl)c(NC(=O)CCN2CCN(c3ccccc3Cl)CC2)c1. The molecule has 1 N–H and O–H groups in total. The van der Waals surface area contributed by atoms with Crippen LogP contribution in [0, 0.1) is 0 Å². The molecule has 1 aliphatic heterocycles. The summed E-state index contributed by atoms with van der Waals surface area (Å²) in [5.74, 6) is -0.213. The summed E-state index contributed by atoms with van der Waals surface area (Å²) in [4.78, 5) is 17.0. The van der Waals surface area contributed by atoms with Crippen LogP contribution in [0.25, 0.3) is 0 Å². The van der Waals surface area contributed by atoms with Crippen LogP contribution in [0.4, 0.5) is 11.4 Å². The minimum absolute atomic E-state index is 0.0768. The van der Waals surface area contributed by atoms with E-state index in [9.17, 15) is 13.2 Å². The second-order valence-corrected chi connectivity index (χ2v) is 10.5. The average Bonchev–Trinajstić information content (AvgIpc) is 2.74. The van der Waals surface area contributed by atoms with Crippen molar-refractivity contribution in [3.63, 3.8) is 0 Å². The van der Waals surface area contributed by atoms with Crippen LogP contribution in [0.15, 0.2) is 47.4 Å². The monoisotopic (exact) mass is 484 g/mol. The van der Waals surface area contributed by atoms with Gasteiger partial charge in [0.2, 0.25) is 15.9 Å². The Balaban J connectivity index is 1.53. The van der Waals surface area contributed by atoms with Gasteiger partial charge in [0, 0.05) is 53.2 Å². The Morgan fingerprint density at radius 3 is 2.35 bits per heavy atom. The van der Waals surface area contributed by atoms with Crippen molar-refractivity contribution in [3.05, 3.63) is 52.5 Å². The molecule has 3 rings (SSSR count). The van der Waals surface area contributed by atoms with Gasteiger partial charge in [-0.3, -0.25) is 9.69 Å². The summed E-state index contributed by atoms with van der Waals surface area (Å²) < 4.78 is 25.7. The molecule has 31 heavy (non-hydrogen) atoms. The van der Waals surface area contributed by atoms with E-state index in [1.54, 1.807) is 0 Å². The van der Waals surface area contributed by atoms with Crippen molar-refractivity contribution in [1.82, 2.24) is 9.21 Å². The van der Waals surface area contributed by atoms with Crippen molar-refractivity contribution in [1.29, 1.82) is 0 Å². The zero-order valence-corrected chi connectivity index (χ0v) is 19.8. The molecule has 0 aromatic heterocycles. The molecule has 1 aliphatic rings. The summed E-state index contributed by atoms with van der Waals surface area (Å²) >= 11 is 12.4. The molecule has 1 fully saturated rings. The van der Waals surface area contributed by atoms with Crippen molar-refractivity contribution in [2.24, 2.45) is 0 Å². The summed E-state index contributed by atoms with van der Waals surface area (Å²) in [5.41, 5.74) is 1.32. The number of para-hydroxylation sites is 1. The first-order valence-electron chi connectivity index (χ1n) is 9.92. The second kappa shape index (κ2) is 10.2. The summed E-state index contributed by atoms with van der Waals surface area (Å²) in [6.45, 7) is 3.93. The molecule has 168 valence electrons. The zero-order chi connectivity index (χ0) is 22.6. The van der Waals surface area contributed by atoms with Gasteiger partial charge in [0.25, 0.3) is 0 Å². The highest BCUT2D eigenvalue weighted by Crippen LogP contribution is 2.27. The highest BCUT2D eigenvalue weighted by Gasteiger charge is 2.21. The van der Waals surface area contributed by atoms with Crippen LogP contribution in [0.2, 0.25) is 10.0 Å². The number of nitrogens with one attached hydrogen (secondary N) is 1. The van der Waals surface area contributed by atoms with E-state index in [0.29, 0.717) is 11.6 Å². The van der Waals surface area contributed by atoms with Gasteiger partial charge in [-0.05, 0) is 30.3 Å². The van der Waals surface area contributed by atoms with E-state index in [4.69, 9.17) is 23.2 Å². The van der Waals surface area contributed by atoms with E-state index in [0.717, 1.165) is 41.2 Å². The van der Waals surface area contributed by atoms with Gasteiger partial charge >= 0.3 is 0 Å². The Morgan fingerprint density at radius 2 is 1.71 bits per heavy atom. The van der Waals surface area contributed by atoms with Crippen LogP contribution in [0.5, 0.6) is 0 Å². The number of nitrogens with zero attached hydrogens (tertiary/aromatic N) is 3. The van der Waals surface area contributed by atoms with Crippen LogP contribution in [-0.2, 0) is 14.8 Å². The summed E-state index contributed by atoms with van der Waals surface area (Å²) in [7, 11) is -0.707. The largest absolute Gasteiger partial charge is 0.368 e. The average molecular weight is 485 g/mol. The van der Waals surface area contributed by atoms with E-state index < -0.39 is 10.0 Å². The molecule has 0 spiro atoms. The highest BCUT2D eigenvalue weighted by molar-refractivity contribution is 7.89. The Hall–Kier alpha value is -1.84. The molecular weight excluding hydrogens is 459 g/mol. The van der Waals surface area contributed by atoms with Gasteiger partial charge in [0.05, 0.1) is 26.3 Å². The molecule has 0 unspecified atom stereocenters. The smallest absolute Gasteiger partial charge is 0.242 e. The number of anilines is 2. The number of carbonyl (C=O) groups excluding carboxylic acids is 1. The Bertz CT molecular complexity index is 1040. The van der Waals surface area contributed by atoms with E-state index >= 15 is 0 Å². The summed E-state index contributed by atoms with van der Waals surface area (Å²) in [6.07, 6.45) is 0.285. The number of carbonyl (C=O) groups is 1. The fourth-order valence-electron chi connectivity index (χ4n) is 3.36. The van der Waals surface area contributed by atoms with Gasteiger partial charge in [-0.1, -0.05) is 35.3 Å². The quantitative estimate of drug-likeness (QED) is 0.651. The molecule has 1 amide bonds. The van der Waals surface area contributed by atoms with Crippen LogP contribution in [0.1, 0.15) is 6.42 Å². The predicted octanol–water partition coefficient (Wildman–Crippen LogP) is 3.39. The van der Waals surface area contributed by atoms with Crippen molar-refractivity contribution in [2.75, 3.05) is 57.0 Å². The van der Waals surface area contributed by atoms with Crippen LogP contribution >= 0.6 is 23.2 Å². The van der Waals surface area contributed by atoms with E-state index in [-0.39, 0.29) is 22.9 Å². The number of piperazine rings is 1. The van der Waals surface area contributed by atoms with Gasteiger partial charge in [0.15, 0.2) is 0 Å². The normalized spacial score (nSPS) is 15.3. The molecule has 2 aromatic rings. The van der Waals surface area contributed by atoms with Crippen molar-refractivity contribution in [3.8, 4) is 0 Å². The zero-order valence-electron chi connectivity index (χ0n) is 17.5. The summed E-state index contributed by atoms with van der Waals surface area (Å²) in [6, 6.07) is 12.1. The topological polar surface area (TPSA) is 73.0 Å². The number of hydrogen-bond donors (Lipinski definition) is 1. The molecule has 2 aromatic carbocycles. The van der Waals surface area contributed by atoms with Crippen molar-refractivity contribution < 1.29 is 13.2 Å². The van der Waals surface area contributed by atoms with Gasteiger partial charge in [-0.25, -0.2) is 12.7 Å². The van der Waals surface area contributed by atoms with Gasteiger partial charge in [0.1, 0.15) is 0 Å². The lowest BCUT2D eigenvalue weighted by atomic mass is 10.2. The third-order valence-corrected chi connectivity index (χ3v) is 7.67. The standard InChI is InChI=1S/C21H26Cl2N4O3S/c1-25(2)31(29,30)16-7-8-17(22)19(15-16)24-21(28)9-10-26-11-13-27(14-12-26)20-6-4-3-5-18(20)23/h3-8,15H,9-14H2,1-2H3,(H,24,28). The van der Waals surface area contributed by atoms with Crippen molar-refractivity contribution in [2.45, 2.75) is 11.3 Å². The Labute approximate surface area is 193 Å². The van der Waals surface area contributed by atoms with Crippen molar-refractivity contribution >= 4 is 50.5 Å². The van der Waals surface area contributed by atoms with Crippen LogP contribution < -0.4 is 10.2 Å². The molecule has 0 saturated carbocycles. The maximum atomic E-state index is 12.4. The highest BCUT2D eigenvalue weighted by atomic mass is 35.5. The lowest BCUT2D eigenvalue weighted by molar-refractivity contribution is -0.116. The molecule has 1 saturated heterocycles. The maximum absolute atomic E-state index is 12.4. The maximum Gasteiger partial charge on any atom is 0.242 e. The minimum atomic E-state index is -3.61. The lowest BCUT2D eigenvalue weighted by Gasteiger charge is -2.36. The summed E-state index contributed by atoms with van der Waals surface area (Å²) in [5, 5.41) is 3.77. The molecule has 0 bridgehead atoms. The molecule has 7 nitrogen and oxygen atoms in total. The number of benzene rings is 2. The number of rotatable bonds is 7. The van der Waals surface area contributed by atoms with Gasteiger partial charge in [-0.2, -0.15) is 0 Å². The third kappa shape index (κ3) is 5.90. The third-order valence-electron chi connectivity index (χ3n) is 5.21. The molecule has 1 heterocycles. The van der Waals surface area contributed by atoms with Gasteiger partial charge in [-0.15, -0.1) is 0 Å². The van der Waals surface area contributed by atoms with Crippen LogP contribution in [0.3, 0.4) is 0 Å². The van der Waals surface area contributed by atoms with Crippen LogP contribution in [-0.4, -0.2) is 70.3 Å². The Kier molecular flexibility index (Phi) is 7.82. The second-order valence-electron chi connectivity index (χ2n) is 7.51. The lowest BCUT2D eigenvalue weighted by Crippen LogP contribution is -2.47. The fraction of sp³-hybridized carbons (Fsp3) is 0.381. The van der Waals surface area contributed by atoms with E-state index in [1.807, 2.05) is 24.3 Å². The molecule has 0 aliphatic carbocycles. The van der Waals surface area contributed by atoms with E-state index in [1.165, 1.54) is 32.3 Å². The number of sulfonamides is 1. The number of amides is 1. The molecule has 10 heteroatoms. The molecule has 0 atom stereocenters. The number of hydrogen-bond acceptors (Lipinski definition) is 5. The first kappa shape index (κ1) is 23.8. The van der Waals surface area contributed by atoms with Gasteiger partial charge < -0.3 is 10.2 Å². The first-order valence-corrected chi connectivity index (χ1v) is 12.1. The fourth-order valence-corrected chi connectivity index (χ4v) is 4.71. The van der Waals surface area contributed by atoms with E-state index in [2.05, 4.69) is 15.1 Å². The number of halogens is 2. The molecular formula is C21H26Cl2N4O3S. The molecule has 0 radical (unpaired) electrons. The first-order chi connectivity index (χ1) is 14.7. The Morgan fingerprint density at radius 1 is 1.03 bits per heavy atom.